The summed E-state index contributed by atoms with van der Waals surface area (Å²) in [6.07, 6.45) is -0.288. The van der Waals surface area contributed by atoms with Gasteiger partial charge >= 0.3 is 0 Å². The fourth-order valence-corrected chi connectivity index (χ4v) is 4.08. The Morgan fingerprint density at radius 1 is 1.12 bits per heavy atom. The van der Waals surface area contributed by atoms with E-state index in [0.717, 1.165) is 17.1 Å². The maximum atomic E-state index is 14.6. The van der Waals surface area contributed by atoms with E-state index in [1.807, 2.05) is 12.1 Å². The zero-order valence-electron chi connectivity index (χ0n) is 17.9. The van der Waals surface area contributed by atoms with Crippen molar-refractivity contribution in [2.75, 3.05) is 30.4 Å². The van der Waals surface area contributed by atoms with E-state index >= 15 is 0 Å². The molecular weight excluding hydrogens is 419 g/mol. The Kier molecular flexibility index (Phi) is 6.21. The van der Waals surface area contributed by atoms with E-state index in [1.54, 1.807) is 26.3 Å². The first-order chi connectivity index (χ1) is 15.4. The lowest BCUT2D eigenvalue weighted by molar-refractivity contribution is -0.119. The monoisotopic (exact) mass is 443 g/mol. The van der Waals surface area contributed by atoms with Crippen molar-refractivity contribution in [3.05, 3.63) is 59.5 Å². The molecule has 1 atom stereocenters. The minimum absolute atomic E-state index is 0.163. The molecule has 0 radical (unpaired) electrons. The number of piperidine rings is 1. The van der Waals surface area contributed by atoms with Gasteiger partial charge in [-0.05, 0) is 19.1 Å². The Balaban J connectivity index is 1.71. The number of fused-ring (bicyclic) bond motifs is 1. The van der Waals surface area contributed by atoms with Crippen LogP contribution >= 0.6 is 0 Å². The Labute approximate surface area is 184 Å². The summed E-state index contributed by atoms with van der Waals surface area (Å²) in [7, 11) is 1.59. The minimum Gasteiger partial charge on any atom is -0.495 e. The van der Waals surface area contributed by atoms with Crippen LogP contribution in [0.3, 0.4) is 0 Å². The first kappa shape index (κ1) is 21.9. The zero-order chi connectivity index (χ0) is 22.8. The van der Waals surface area contributed by atoms with Crippen molar-refractivity contribution in [1.82, 2.24) is 4.98 Å². The Morgan fingerprint density at radius 3 is 2.53 bits per heavy atom. The summed E-state index contributed by atoms with van der Waals surface area (Å²) in [4.78, 5) is 18.2. The quantitative estimate of drug-likeness (QED) is 0.533. The second-order valence-corrected chi connectivity index (χ2v) is 7.84. The van der Waals surface area contributed by atoms with Crippen molar-refractivity contribution < 1.29 is 22.7 Å². The van der Waals surface area contributed by atoms with Crippen molar-refractivity contribution in [3.63, 3.8) is 0 Å². The van der Waals surface area contributed by atoms with Crippen LogP contribution in [0.1, 0.15) is 43.4 Å². The molecule has 32 heavy (non-hydrogen) atoms. The number of ether oxygens (including phenoxy) is 1. The summed E-state index contributed by atoms with van der Waals surface area (Å²) in [6.45, 7) is 2.93. The van der Waals surface area contributed by atoms with E-state index in [2.05, 4.69) is 15.2 Å². The smallest absolute Gasteiger partial charge is 0.266 e. The van der Waals surface area contributed by atoms with E-state index in [9.17, 15) is 18.0 Å². The Bertz CT molecular complexity index is 1140. The maximum absolute atomic E-state index is 14.6. The fourth-order valence-electron chi connectivity index (χ4n) is 4.08. The van der Waals surface area contributed by atoms with Crippen LogP contribution in [0, 0.1) is 5.82 Å². The second-order valence-electron chi connectivity index (χ2n) is 7.84. The number of Topliss-reactive ketones (excluding diaryl/α,β-unsaturated/α-hetero) is 1. The second kappa shape index (κ2) is 9.06. The van der Waals surface area contributed by atoms with Gasteiger partial charge in [-0.3, -0.25) is 9.78 Å². The van der Waals surface area contributed by atoms with Crippen LogP contribution in [-0.2, 0) is 4.79 Å². The Morgan fingerprint density at radius 2 is 1.84 bits per heavy atom. The Hall–Kier alpha value is -3.29. The first-order valence-corrected chi connectivity index (χ1v) is 10.5. The SMILES string of the molecule is COc1cc2nccc(N[C@H](C)c3cccc(C(F)F)c3F)c2cc1N1CCC(=O)CC1. The molecule has 168 valence electrons. The van der Waals surface area contributed by atoms with Crippen molar-refractivity contribution in [2.24, 2.45) is 0 Å². The molecule has 0 bridgehead atoms. The standard InChI is InChI=1S/C24H24F3N3O2/c1-14(16-4-3-5-17(23(16)25)24(26)27)29-19-6-9-28-20-13-22(32-2)21(12-18(19)20)30-10-7-15(31)8-11-30/h3-6,9,12-14,24H,7-8,10-11H2,1-2H3,(H,28,29)/t14-/m1/s1. The van der Waals surface area contributed by atoms with Gasteiger partial charge in [0.15, 0.2) is 0 Å². The molecule has 5 nitrogen and oxygen atoms in total. The predicted octanol–water partition coefficient (Wildman–Crippen LogP) is 5.66. The van der Waals surface area contributed by atoms with Gasteiger partial charge in [0, 0.05) is 54.8 Å². The van der Waals surface area contributed by atoms with E-state index < -0.39 is 23.8 Å². The number of pyridine rings is 1. The van der Waals surface area contributed by atoms with Crippen molar-refractivity contribution in [1.29, 1.82) is 0 Å². The number of carbonyl (C=O) groups excluding carboxylic acids is 1. The fraction of sp³-hybridized carbons (Fsp3) is 0.333. The molecule has 3 aromatic rings. The highest BCUT2D eigenvalue weighted by Crippen LogP contribution is 2.37. The molecule has 1 aromatic heterocycles. The molecule has 2 aromatic carbocycles. The van der Waals surface area contributed by atoms with Crippen LogP contribution in [-0.4, -0.2) is 31.0 Å². The van der Waals surface area contributed by atoms with Crippen LogP contribution < -0.4 is 15.0 Å². The molecule has 1 fully saturated rings. The van der Waals surface area contributed by atoms with Crippen LogP contribution in [0.4, 0.5) is 24.5 Å². The third kappa shape index (κ3) is 4.22. The van der Waals surface area contributed by atoms with Crippen LogP contribution in [0.15, 0.2) is 42.6 Å². The molecule has 1 saturated heterocycles. The highest BCUT2D eigenvalue weighted by atomic mass is 19.3. The minimum atomic E-state index is -2.88. The summed E-state index contributed by atoms with van der Waals surface area (Å²) >= 11 is 0. The highest BCUT2D eigenvalue weighted by molar-refractivity contribution is 5.96. The highest BCUT2D eigenvalue weighted by Gasteiger charge is 2.22. The number of methoxy groups -OCH3 is 1. The van der Waals surface area contributed by atoms with Gasteiger partial charge in [-0.25, -0.2) is 13.2 Å². The molecular formula is C24H24F3N3O2. The van der Waals surface area contributed by atoms with Gasteiger partial charge in [0.05, 0.1) is 29.9 Å². The lowest BCUT2D eigenvalue weighted by Gasteiger charge is -2.30. The number of alkyl halides is 2. The molecule has 1 aliphatic rings. The molecule has 2 heterocycles. The first-order valence-electron chi connectivity index (χ1n) is 10.5. The molecule has 8 heteroatoms. The number of benzene rings is 2. The van der Waals surface area contributed by atoms with Crippen molar-refractivity contribution >= 4 is 28.1 Å². The number of hydrogen-bond donors (Lipinski definition) is 1. The van der Waals surface area contributed by atoms with Crippen molar-refractivity contribution in [3.8, 4) is 5.75 Å². The number of hydrogen-bond acceptors (Lipinski definition) is 5. The topological polar surface area (TPSA) is 54.5 Å². The summed E-state index contributed by atoms with van der Waals surface area (Å²) in [6, 6.07) is 9.01. The lowest BCUT2D eigenvalue weighted by atomic mass is 10.0. The third-order valence-electron chi connectivity index (χ3n) is 5.84. The molecule has 1 N–H and O–H groups in total. The number of aromatic nitrogens is 1. The largest absolute Gasteiger partial charge is 0.495 e. The molecule has 0 unspecified atom stereocenters. The average molecular weight is 443 g/mol. The van der Waals surface area contributed by atoms with Gasteiger partial charge < -0.3 is 15.0 Å². The normalized spacial score (nSPS) is 15.3. The molecule has 4 rings (SSSR count). The van der Waals surface area contributed by atoms with Gasteiger partial charge in [-0.2, -0.15) is 0 Å². The van der Waals surface area contributed by atoms with Crippen LogP contribution in [0.25, 0.3) is 10.9 Å². The summed E-state index contributed by atoms with van der Waals surface area (Å²) in [5.74, 6) is -0.00617. The van der Waals surface area contributed by atoms with Gasteiger partial charge in [-0.1, -0.05) is 18.2 Å². The maximum Gasteiger partial charge on any atom is 0.266 e. The van der Waals surface area contributed by atoms with Crippen LogP contribution in [0.2, 0.25) is 0 Å². The van der Waals surface area contributed by atoms with E-state index in [1.165, 1.54) is 12.1 Å². The summed E-state index contributed by atoms with van der Waals surface area (Å²) < 4.78 is 46.4. The zero-order valence-corrected chi connectivity index (χ0v) is 17.9. The number of carbonyl (C=O) groups is 1. The molecule has 0 saturated carbocycles. The van der Waals surface area contributed by atoms with Gasteiger partial charge in [-0.15, -0.1) is 0 Å². The van der Waals surface area contributed by atoms with E-state index in [4.69, 9.17) is 4.74 Å². The lowest BCUT2D eigenvalue weighted by Crippen LogP contribution is -2.33. The van der Waals surface area contributed by atoms with Gasteiger partial charge in [0.2, 0.25) is 0 Å². The van der Waals surface area contributed by atoms with Gasteiger partial charge in [0.25, 0.3) is 6.43 Å². The number of halogens is 3. The summed E-state index contributed by atoms with van der Waals surface area (Å²) in [5.41, 5.74) is 1.78. The number of nitrogens with zero attached hydrogens (tertiary/aromatic N) is 2. The third-order valence-corrected chi connectivity index (χ3v) is 5.84. The van der Waals surface area contributed by atoms with E-state index in [-0.39, 0.29) is 11.3 Å². The average Bonchev–Trinajstić information content (AvgIpc) is 2.79. The number of rotatable bonds is 6. The van der Waals surface area contributed by atoms with Gasteiger partial charge in [0.1, 0.15) is 17.3 Å². The molecule has 0 spiro atoms. The molecule has 1 aliphatic heterocycles. The van der Waals surface area contributed by atoms with E-state index in [0.29, 0.717) is 42.9 Å². The molecule has 0 aliphatic carbocycles. The van der Waals surface area contributed by atoms with Crippen molar-refractivity contribution in [2.45, 2.75) is 32.2 Å². The predicted molar refractivity (Wildman–Crippen MR) is 118 cm³/mol. The number of anilines is 2. The number of ketones is 1. The number of nitrogens with one attached hydrogen (secondary N) is 1. The molecule has 0 amide bonds. The summed E-state index contributed by atoms with van der Waals surface area (Å²) in [5, 5.41) is 4.03. The van der Waals surface area contributed by atoms with Crippen LogP contribution in [0.5, 0.6) is 5.75 Å².